The van der Waals surface area contributed by atoms with Gasteiger partial charge >= 0.3 is 0 Å². The second-order valence-corrected chi connectivity index (χ2v) is 5.67. The molecule has 0 spiro atoms. The first kappa shape index (κ1) is 13.9. The van der Waals surface area contributed by atoms with Crippen LogP contribution in [-0.4, -0.2) is 27.3 Å². The van der Waals surface area contributed by atoms with Gasteiger partial charge in [-0.05, 0) is 24.6 Å². The zero-order valence-electron chi connectivity index (χ0n) is 9.77. The topological polar surface area (TPSA) is 63.4 Å². The Bertz CT molecular complexity index is 462. The number of rotatable bonds is 6. The largest absolute Gasteiger partial charge is 0.329 e. The van der Waals surface area contributed by atoms with Crippen molar-refractivity contribution in [2.24, 2.45) is 5.73 Å². The van der Waals surface area contributed by atoms with Crippen LogP contribution >= 0.6 is 0 Å². The minimum atomic E-state index is -3.42. The molecule has 1 aromatic rings. The zero-order chi connectivity index (χ0) is 12.9. The molecular weight excluding hydrogens is 243 g/mol. The Morgan fingerprint density at radius 1 is 1.41 bits per heavy atom. The van der Waals surface area contributed by atoms with Gasteiger partial charge in [-0.25, -0.2) is 12.8 Å². The van der Waals surface area contributed by atoms with Gasteiger partial charge in [0.2, 0.25) is 10.0 Å². The van der Waals surface area contributed by atoms with Gasteiger partial charge in [0.1, 0.15) is 5.82 Å². The van der Waals surface area contributed by atoms with Gasteiger partial charge in [-0.2, -0.15) is 0 Å². The molecule has 4 nitrogen and oxygen atoms in total. The Morgan fingerprint density at radius 3 is 2.65 bits per heavy atom. The van der Waals surface area contributed by atoms with Crippen LogP contribution in [0.5, 0.6) is 0 Å². The molecule has 2 N–H and O–H groups in total. The summed E-state index contributed by atoms with van der Waals surface area (Å²) in [5.41, 5.74) is 5.72. The highest BCUT2D eigenvalue weighted by atomic mass is 32.2. The molecular formula is C11H17FN2O2S. The van der Waals surface area contributed by atoms with E-state index in [0.29, 0.717) is 12.1 Å². The fraction of sp³-hybridized carbons (Fsp3) is 0.455. The van der Waals surface area contributed by atoms with E-state index < -0.39 is 15.8 Å². The number of anilines is 1. The van der Waals surface area contributed by atoms with Crippen LogP contribution < -0.4 is 10.0 Å². The van der Waals surface area contributed by atoms with E-state index in [2.05, 4.69) is 0 Å². The van der Waals surface area contributed by atoms with Gasteiger partial charge in [0.15, 0.2) is 0 Å². The summed E-state index contributed by atoms with van der Waals surface area (Å²) in [6.07, 6.45) is 0.513. The molecule has 0 atom stereocenters. The molecule has 0 aromatic heterocycles. The van der Waals surface area contributed by atoms with Gasteiger partial charge in [0.25, 0.3) is 0 Å². The third-order valence-electron chi connectivity index (χ3n) is 2.23. The molecule has 0 aliphatic rings. The maximum absolute atomic E-state index is 13.1. The highest BCUT2D eigenvalue weighted by Gasteiger charge is 2.20. The first-order valence-electron chi connectivity index (χ1n) is 5.47. The molecule has 0 amide bonds. The lowest BCUT2D eigenvalue weighted by atomic mass is 10.3. The molecule has 0 unspecified atom stereocenters. The third kappa shape index (κ3) is 3.67. The smallest absolute Gasteiger partial charge is 0.235 e. The van der Waals surface area contributed by atoms with E-state index in [1.807, 2.05) is 0 Å². The highest BCUT2D eigenvalue weighted by Crippen LogP contribution is 2.19. The first-order valence-corrected chi connectivity index (χ1v) is 7.08. The molecule has 6 heteroatoms. The van der Waals surface area contributed by atoms with Crippen LogP contribution in [0.4, 0.5) is 10.1 Å². The van der Waals surface area contributed by atoms with E-state index in [1.165, 1.54) is 22.5 Å². The maximum atomic E-state index is 13.1. The van der Waals surface area contributed by atoms with Crippen LogP contribution in [0.3, 0.4) is 0 Å². The van der Waals surface area contributed by atoms with Gasteiger partial charge in [-0.1, -0.05) is 13.0 Å². The standard InChI is InChI=1S/C11H17FN2O2S/c1-2-8-17(15,16)14(7-6-13)11-5-3-4-10(12)9-11/h3-5,9H,2,6-8,13H2,1H3. The van der Waals surface area contributed by atoms with E-state index in [9.17, 15) is 12.8 Å². The lowest BCUT2D eigenvalue weighted by Crippen LogP contribution is -2.37. The SMILES string of the molecule is CCCS(=O)(=O)N(CCN)c1cccc(F)c1. The number of benzene rings is 1. The van der Waals surface area contributed by atoms with Gasteiger partial charge in [-0.15, -0.1) is 0 Å². The number of hydrogen-bond donors (Lipinski definition) is 1. The van der Waals surface area contributed by atoms with Crippen LogP contribution in [0.15, 0.2) is 24.3 Å². The summed E-state index contributed by atoms with van der Waals surface area (Å²) in [4.78, 5) is 0. The molecule has 0 saturated heterocycles. The first-order chi connectivity index (χ1) is 8.01. The maximum Gasteiger partial charge on any atom is 0.235 e. The van der Waals surface area contributed by atoms with Gasteiger partial charge < -0.3 is 5.73 Å². The summed E-state index contributed by atoms with van der Waals surface area (Å²) in [5, 5.41) is 0. The number of hydrogen-bond acceptors (Lipinski definition) is 3. The zero-order valence-corrected chi connectivity index (χ0v) is 10.6. The summed E-state index contributed by atoms with van der Waals surface area (Å²) in [6.45, 7) is 2.13. The lowest BCUT2D eigenvalue weighted by molar-refractivity contribution is 0.589. The van der Waals surface area contributed by atoms with Crippen molar-refractivity contribution in [3.8, 4) is 0 Å². The average molecular weight is 260 g/mol. The van der Waals surface area contributed by atoms with E-state index in [0.717, 1.165) is 0 Å². The number of sulfonamides is 1. The Hall–Kier alpha value is -1.14. The molecule has 1 aromatic carbocycles. The Morgan fingerprint density at radius 2 is 2.12 bits per heavy atom. The molecule has 0 aliphatic heterocycles. The van der Waals surface area contributed by atoms with E-state index in [4.69, 9.17) is 5.73 Å². The molecule has 0 aliphatic carbocycles. The second-order valence-electron chi connectivity index (χ2n) is 3.66. The molecule has 0 fully saturated rings. The average Bonchev–Trinajstić information content (AvgIpc) is 2.25. The van der Waals surface area contributed by atoms with Gasteiger partial charge in [0.05, 0.1) is 11.4 Å². The van der Waals surface area contributed by atoms with Crippen molar-refractivity contribution in [1.29, 1.82) is 0 Å². The fourth-order valence-electron chi connectivity index (χ4n) is 1.55. The van der Waals surface area contributed by atoms with Crippen molar-refractivity contribution in [3.63, 3.8) is 0 Å². The number of nitrogens with zero attached hydrogens (tertiary/aromatic N) is 1. The molecule has 96 valence electrons. The summed E-state index contributed by atoms with van der Waals surface area (Å²) >= 11 is 0. The van der Waals surface area contributed by atoms with Gasteiger partial charge in [0, 0.05) is 13.1 Å². The molecule has 1 rings (SSSR count). The quantitative estimate of drug-likeness (QED) is 0.839. The molecule has 17 heavy (non-hydrogen) atoms. The summed E-state index contributed by atoms with van der Waals surface area (Å²) < 4.78 is 38.2. The molecule has 0 saturated carbocycles. The minimum Gasteiger partial charge on any atom is -0.329 e. The van der Waals surface area contributed by atoms with E-state index in [1.54, 1.807) is 13.0 Å². The monoisotopic (exact) mass is 260 g/mol. The summed E-state index contributed by atoms with van der Waals surface area (Å²) in [5.74, 6) is -0.431. The Balaban J connectivity index is 3.09. The minimum absolute atomic E-state index is 0.0313. The predicted molar refractivity (Wildman–Crippen MR) is 66.9 cm³/mol. The Kier molecular flexibility index (Phi) is 4.89. The lowest BCUT2D eigenvalue weighted by Gasteiger charge is -2.23. The number of nitrogens with two attached hydrogens (primary N) is 1. The molecule has 0 radical (unpaired) electrons. The van der Waals surface area contributed by atoms with Crippen LogP contribution in [-0.2, 0) is 10.0 Å². The summed E-state index contributed by atoms with van der Waals surface area (Å²) in [7, 11) is -3.42. The van der Waals surface area contributed by atoms with Crippen LogP contribution in [0.2, 0.25) is 0 Å². The van der Waals surface area contributed by atoms with Gasteiger partial charge in [-0.3, -0.25) is 4.31 Å². The van der Waals surface area contributed by atoms with Crippen molar-refractivity contribution in [3.05, 3.63) is 30.1 Å². The normalized spacial score (nSPS) is 11.5. The predicted octanol–water partition coefficient (Wildman–Crippen LogP) is 1.33. The summed E-state index contributed by atoms with van der Waals surface area (Å²) in [6, 6.07) is 5.51. The van der Waals surface area contributed by atoms with Crippen LogP contribution in [0.1, 0.15) is 13.3 Å². The number of halogens is 1. The van der Waals surface area contributed by atoms with Crippen molar-refractivity contribution in [1.82, 2.24) is 0 Å². The van der Waals surface area contributed by atoms with Crippen molar-refractivity contribution in [2.75, 3.05) is 23.1 Å². The Labute approximate surface area is 101 Å². The van der Waals surface area contributed by atoms with Crippen molar-refractivity contribution < 1.29 is 12.8 Å². The molecule has 0 heterocycles. The van der Waals surface area contributed by atoms with Crippen molar-refractivity contribution >= 4 is 15.7 Å². The van der Waals surface area contributed by atoms with Crippen LogP contribution in [0.25, 0.3) is 0 Å². The third-order valence-corrected chi connectivity index (χ3v) is 4.22. The highest BCUT2D eigenvalue weighted by molar-refractivity contribution is 7.92. The fourth-order valence-corrected chi connectivity index (χ4v) is 3.10. The van der Waals surface area contributed by atoms with Crippen LogP contribution in [0, 0.1) is 5.82 Å². The second kappa shape index (κ2) is 5.97. The van der Waals surface area contributed by atoms with E-state index >= 15 is 0 Å². The van der Waals surface area contributed by atoms with E-state index in [-0.39, 0.29) is 18.8 Å². The van der Waals surface area contributed by atoms with Crippen molar-refractivity contribution in [2.45, 2.75) is 13.3 Å². The molecule has 0 bridgehead atoms.